The summed E-state index contributed by atoms with van der Waals surface area (Å²) in [6.45, 7) is 4.26. The molecule has 112 valence electrons. The first kappa shape index (κ1) is 15.4. The molecule has 4 heteroatoms. The van der Waals surface area contributed by atoms with Crippen molar-refractivity contribution >= 4 is 0 Å². The summed E-state index contributed by atoms with van der Waals surface area (Å²) < 4.78 is 32.2. The molecule has 0 aromatic heterocycles. The van der Waals surface area contributed by atoms with Gasteiger partial charge in [0.05, 0.1) is 6.04 Å². The molecule has 1 atom stereocenters. The van der Waals surface area contributed by atoms with Gasteiger partial charge in [-0.3, -0.25) is 0 Å². The first-order valence-corrected chi connectivity index (χ1v) is 6.84. The summed E-state index contributed by atoms with van der Waals surface area (Å²) in [7, 11) is 1.82. The summed E-state index contributed by atoms with van der Waals surface area (Å²) >= 11 is 0. The number of halogens is 2. The zero-order valence-corrected chi connectivity index (χ0v) is 12.4. The van der Waals surface area contributed by atoms with Crippen LogP contribution in [-0.2, 0) is 0 Å². The molecule has 0 bridgehead atoms. The molecule has 2 rings (SSSR count). The van der Waals surface area contributed by atoms with Gasteiger partial charge in [-0.05, 0) is 44.2 Å². The number of ether oxygens (including phenoxy) is 1. The van der Waals surface area contributed by atoms with Crippen molar-refractivity contribution in [2.45, 2.75) is 19.9 Å². The fraction of sp³-hybridized carbons (Fsp3) is 0.294. The third kappa shape index (κ3) is 3.58. The smallest absolute Gasteiger partial charge is 0.200 e. The molecule has 21 heavy (non-hydrogen) atoms. The molecule has 1 unspecified atom stereocenters. The summed E-state index contributed by atoms with van der Waals surface area (Å²) in [6, 6.07) is 9.99. The van der Waals surface area contributed by atoms with Gasteiger partial charge < -0.3 is 10.1 Å². The topological polar surface area (TPSA) is 21.3 Å². The van der Waals surface area contributed by atoms with Crippen LogP contribution in [0, 0.1) is 25.5 Å². The number of hydrogen-bond donors (Lipinski definition) is 1. The zero-order chi connectivity index (χ0) is 15.4. The van der Waals surface area contributed by atoms with E-state index in [0.29, 0.717) is 0 Å². The highest BCUT2D eigenvalue weighted by atomic mass is 19.2. The van der Waals surface area contributed by atoms with Crippen molar-refractivity contribution in [3.63, 3.8) is 0 Å². The molecule has 0 saturated heterocycles. The normalized spacial score (nSPS) is 12.2. The maximum absolute atomic E-state index is 13.6. The first-order chi connectivity index (χ1) is 10.0. The summed E-state index contributed by atoms with van der Waals surface area (Å²) in [5, 5.41) is 3.15. The van der Waals surface area contributed by atoms with Crippen LogP contribution in [-0.4, -0.2) is 13.7 Å². The predicted octanol–water partition coefficient (Wildman–Crippen LogP) is 3.92. The molecule has 2 aromatic carbocycles. The Kier molecular flexibility index (Phi) is 4.91. The highest BCUT2D eigenvalue weighted by molar-refractivity contribution is 5.33. The Balaban J connectivity index is 2.16. The van der Waals surface area contributed by atoms with Crippen molar-refractivity contribution in [1.29, 1.82) is 0 Å². The van der Waals surface area contributed by atoms with E-state index in [9.17, 15) is 8.78 Å². The minimum absolute atomic E-state index is 0.0689. The van der Waals surface area contributed by atoms with Gasteiger partial charge in [-0.25, -0.2) is 4.39 Å². The van der Waals surface area contributed by atoms with Crippen LogP contribution in [0.2, 0.25) is 0 Å². The van der Waals surface area contributed by atoms with E-state index in [1.54, 1.807) is 0 Å². The van der Waals surface area contributed by atoms with Crippen molar-refractivity contribution < 1.29 is 13.5 Å². The standard InChI is InChI=1S/C17H19F2NO/c1-11-7-8-12(2)13(9-11)15(20-3)10-21-16-6-4-5-14(18)17(16)19/h4-9,15,20H,10H2,1-3H3. The predicted molar refractivity (Wildman–Crippen MR) is 79.6 cm³/mol. The van der Waals surface area contributed by atoms with E-state index in [-0.39, 0.29) is 18.4 Å². The monoisotopic (exact) mass is 291 g/mol. The van der Waals surface area contributed by atoms with E-state index in [2.05, 4.69) is 11.4 Å². The molecular weight excluding hydrogens is 272 g/mol. The molecule has 2 nitrogen and oxygen atoms in total. The van der Waals surface area contributed by atoms with E-state index >= 15 is 0 Å². The van der Waals surface area contributed by atoms with Gasteiger partial charge in [-0.1, -0.05) is 29.8 Å². The Bertz CT molecular complexity index is 628. The minimum Gasteiger partial charge on any atom is -0.488 e. The number of likely N-dealkylation sites (N-methyl/N-ethyl adjacent to an activating group) is 1. The van der Waals surface area contributed by atoms with E-state index in [1.807, 2.05) is 33.0 Å². The Morgan fingerprint density at radius 2 is 1.90 bits per heavy atom. The highest BCUT2D eigenvalue weighted by Crippen LogP contribution is 2.23. The third-order valence-electron chi connectivity index (χ3n) is 3.48. The average Bonchev–Trinajstić information content (AvgIpc) is 2.47. The summed E-state index contributed by atoms with van der Waals surface area (Å²) in [5.41, 5.74) is 3.37. The Hall–Kier alpha value is -1.94. The lowest BCUT2D eigenvalue weighted by Gasteiger charge is -2.20. The van der Waals surface area contributed by atoms with Crippen molar-refractivity contribution in [3.05, 3.63) is 64.7 Å². The number of benzene rings is 2. The summed E-state index contributed by atoms with van der Waals surface area (Å²) in [4.78, 5) is 0. The SMILES string of the molecule is CNC(COc1cccc(F)c1F)c1cc(C)ccc1C. The Labute approximate surface area is 123 Å². The number of nitrogens with one attached hydrogen (secondary N) is 1. The van der Waals surface area contributed by atoms with Crippen molar-refractivity contribution in [1.82, 2.24) is 5.32 Å². The first-order valence-electron chi connectivity index (χ1n) is 6.84. The van der Waals surface area contributed by atoms with Gasteiger partial charge >= 0.3 is 0 Å². The second-order valence-electron chi connectivity index (χ2n) is 5.06. The molecule has 2 aromatic rings. The molecule has 0 aliphatic carbocycles. The van der Waals surface area contributed by atoms with Crippen molar-refractivity contribution in [3.8, 4) is 5.75 Å². The second kappa shape index (κ2) is 6.68. The molecule has 0 fully saturated rings. The maximum Gasteiger partial charge on any atom is 0.200 e. The Morgan fingerprint density at radius 1 is 1.14 bits per heavy atom. The Morgan fingerprint density at radius 3 is 2.62 bits per heavy atom. The average molecular weight is 291 g/mol. The van der Waals surface area contributed by atoms with E-state index in [1.165, 1.54) is 12.1 Å². The molecular formula is C17H19F2NO. The van der Waals surface area contributed by atoms with Gasteiger partial charge in [-0.2, -0.15) is 4.39 Å². The summed E-state index contributed by atoms with van der Waals surface area (Å²) in [6.07, 6.45) is 0. The molecule has 0 spiro atoms. The van der Waals surface area contributed by atoms with E-state index < -0.39 is 11.6 Å². The molecule has 0 radical (unpaired) electrons. The van der Waals surface area contributed by atoms with Gasteiger partial charge in [0, 0.05) is 0 Å². The quantitative estimate of drug-likeness (QED) is 0.901. The lowest BCUT2D eigenvalue weighted by molar-refractivity contribution is 0.257. The maximum atomic E-state index is 13.6. The van der Waals surface area contributed by atoms with Crippen LogP contribution in [0.15, 0.2) is 36.4 Å². The van der Waals surface area contributed by atoms with Crippen molar-refractivity contribution in [2.24, 2.45) is 0 Å². The van der Waals surface area contributed by atoms with Crippen LogP contribution in [0.4, 0.5) is 8.78 Å². The molecule has 0 amide bonds. The van der Waals surface area contributed by atoms with Crippen molar-refractivity contribution in [2.75, 3.05) is 13.7 Å². The fourth-order valence-electron chi connectivity index (χ4n) is 2.23. The number of aryl methyl sites for hydroxylation is 2. The van der Waals surface area contributed by atoms with E-state index in [4.69, 9.17) is 4.74 Å². The van der Waals surface area contributed by atoms with Gasteiger partial charge in [0.15, 0.2) is 11.6 Å². The third-order valence-corrected chi connectivity index (χ3v) is 3.48. The number of hydrogen-bond acceptors (Lipinski definition) is 2. The lowest BCUT2D eigenvalue weighted by Crippen LogP contribution is -2.24. The molecule has 0 aliphatic rings. The van der Waals surface area contributed by atoms with Gasteiger partial charge in [0.1, 0.15) is 6.61 Å². The fourth-order valence-corrected chi connectivity index (χ4v) is 2.23. The van der Waals surface area contributed by atoms with Crippen LogP contribution in [0.5, 0.6) is 5.75 Å². The minimum atomic E-state index is -0.951. The van der Waals surface area contributed by atoms with Crippen LogP contribution in [0.25, 0.3) is 0 Å². The van der Waals surface area contributed by atoms with Gasteiger partial charge in [0.25, 0.3) is 0 Å². The van der Waals surface area contributed by atoms with Crippen LogP contribution in [0.1, 0.15) is 22.7 Å². The second-order valence-corrected chi connectivity index (χ2v) is 5.06. The van der Waals surface area contributed by atoms with Crippen LogP contribution >= 0.6 is 0 Å². The molecule has 0 aliphatic heterocycles. The highest BCUT2D eigenvalue weighted by Gasteiger charge is 2.15. The molecule has 0 heterocycles. The van der Waals surface area contributed by atoms with Crippen LogP contribution in [0.3, 0.4) is 0 Å². The zero-order valence-electron chi connectivity index (χ0n) is 12.4. The van der Waals surface area contributed by atoms with Gasteiger partial charge in [0.2, 0.25) is 5.82 Å². The van der Waals surface area contributed by atoms with E-state index in [0.717, 1.165) is 22.8 Å². The molecule has 0 saturated carbocycles. The summed E-state index contributed by atoms with van der Waals surface area (Å²) in [5.74, 6) is -1.92. The number of rotatable bonds is 5. The molecule has 1 N–H and O–H groups in total. The largest absolute Gasteiger partial charge is 0.488 e. The van der Waals surface area contributed by atoms with Crippen LogP contribution < -0.4 is 10.1 Å². The lowest BCUT2D eigenvalue weighted by atomic mass is 9.99. The van der Waals surface area contributed by atoms with Gasteiger partial charge in [-0.15, -0.1) is 0 Å².